The summed E-state index contributed by atoms with van der Waals surface area (Å²) in [5.41, 5.74) is -2.29. The quantitative estimate of drug-likeness (QED) is 0.0357. The van der Waals surface area contributed by atoms with Crippen molar-refractivity contribution in [2.45, 2.75) is 30.0 Å². The standard InChI is InChI=1S/C29H27ClFN5O4.C28H25ClFN5O5.C22H13BrF2N4O4/c1-35-13-5-6-17(15-35)16-40-28(38)34-27-32-22-12-11-18(14-23(22)33-27)29(39)20-8-3-2-7-19(20)26(37)36(29)24-10-4-9-21(30)25(24)31;29-20-6-3-7-23(24(20)30)35-25(36)18-4-1-2-5-19(18)28(35,38)17-8-9-21-22(16-17)32-26(31-21)33-27(37)40-15-12-34-10-13-39-14-11-34;23-14-8-11(24)9-17(18(14)25)29-19(30)12-3-1-2-4-13(12)22(29,33)10-5-6-15-16(7-10)27-20(26-15)28-21(31)32/h2-4,7-12,14,17,39H,5-6,13,15-16H2,1H3,(H2,32,33,34,38);1-9,16,38H,10-15H2,(H2,31,32,33,37);1-9,33H,(H,31,32)(H2,26,27,28). The molecule has 0 radical (unpaired) electrons. The van der Waals surface area contributed by atoms with E-state index in [1.54, 1.807) is 97.1 Å². The fourth-order valence-corrected chi connectivity index (χ4v) is 15.5. The van der Waals surface area contributed by atoms with Crippen LogP contribution < -0.4 is 30.7 Å². The third kappa shape index (κ3) is 14.4. The second-order valence-corrected chi connectivity index (χ2v) is 28.7. The van der Waals surface area contributed by atoms with Crippen LogP contribution in [0.1, 0.15) is 77.3 Å². The number of carboxylic acid groups (broad SMARTS) is 1. The fourth-order valence-electron chi connectivity index (χ4n) is 14.7. The number of piperidine rings is 1. The molecule has 5 aliphatic rings. The Morgan fingerprint density at radius 2 is 0.973 bits per heavy atom. The van der Waals surface area contributed by atoms with E-state index in [1.807, 2.05) is 0 Å². The molecule has 27 nitrogen and oxygen atoms in total. The smallest absolute Gasteiger partial charge is 0.414 e. The van der Waals surface area contributed by atoms with Gasteiger partial charge in [0.2, 0.25) is 17.8 Å². The van der Waals surface area contributed by atoms with Gasteiger partial charge < -0.3 is 54.5 Å². The van der Waals surface area contributed by atoms with Crippen molar-refractivity contribution in [2.24, 2.45) is 5.92 Å². The van der Waals surface area contributed by atoms with Gasteiger partial charge in [0.1, 0.15) is 12.4 Å². The minimum atomic E-state index is -2.19. The van der Waals surface area contributed by atoms with Gasteiger partial charge in [0, 0.05) is 88.2 Å². The second kappa shape index (κ2) is 31.0. The molecule has 17 rings (SSSR count). The molecular formula is C79H65BrCl2F4N14O13. The summed E-state index contributed by atoms with van der Waals surface area (Å²) in [7, 11) is 2.05. The first-order chi connectivity index (χ1) is 54.3. The number of benzene rings is 9. The second-order valence-electron chi connectivity index (χ2n) is 27.0. The number of hydrogen-bond donors (Lipinski definition) is 10. The Labute approximate surface area is 656 Å². The summed E-state index contributed by atoms with van der Waals surface area (Å²) in [6.07, 6.45) is -0.521. The van der Waals surface area contributed by atoms with Gasteiger partial charge in [-0.3, -0.25) is 49.9 Å². The minimum absolute atomic E-state index is 0.0403. The monoisotopic (exact) mass is 1640 g/mol. The summed E-state index contributed by atoms with van der Waals surface area (Å²) < 4.78 is 75.4. The van der Waals surface area contributed by atoms with E-state index in [2.05, 4.69) is 78.6 Å². The molecular weight excluding hydrogens is 1580 g/mol. The molecule has 12 aromatic rings. The number of hydrogen-bond acceptors (Lipinski definition) is 17. The van der Waals surface area contributed by atoms with Crippen LogP contribution in [0.25, 0.3) is 33.1 Å². The molecule has 113 heavy (non-hydrogen) atoms. The summed E-state index contributed by atoms with van der Waals surface area (Å²) >= 11 is 15.0. The number of amides is 6. The van der Waals surface area contributed by atoms with Crippen molar-refractivity contribution < 1.29 is 81.0 Å². The topological polar surface area (TPSA) is 349 Å². The largest absolute Gasteiger partial charge is 0.465 e. The zero-order valence-corrected chi connectivity index (χ0v) is 62.4. The van der Waals surface area contributed by atoms with Crippen LogP contribution in [0.4, 0.5) is 66.9 Å². The van der Waals surface area contributed by atoms with Crippen molar-refractivity contribution >= 4 is 143 Å². The lowest BCUT2D eigenvalue weighted by atomic mass is 9.93. The maximum absolute atomic E-state index is 15.2. The van der Waals surface area contributed by atoms with Gasteiger partial charge >= 0.3 is 18.3 Å². The van der Waals surface area contributed by atoms with Gasteiger partial charge in [-0.15, -0.1) is 0 Å². The Balaban J connectivity index is 0.000000135. The Bertz CT molecular complexity index is 5820. The van der Waals surface area contributed by atoms with E-state index >= 15 is 13.2 Å². The van der Waals surface area contributed by atoms with E-state index in [0.717, 1.165) is 65.9 Å². The summed E-state index contributed by atoms with van der Waals surface area (Å²) in [6.45, 7) is 5.96. The van der Waals surface area contributed by atoms with Crippen LogP contribution in [0.5, 0.6) is 0 Å². The Hall–Kier alpha value is -11.9. The van der Waals surface area contributed by atoms with Crippen LogP contribution in [0.15, 0.2) is 180 Å². The summed E-state index contributed by atoms with van der Waals surface area (Å²) in [4.78, 5) is 105. The van der Waals surface area contributed by atoms with E-state index in [1.165, 1.54) is 66.7 Å². The number of nitrogens with one attached hydrogen (secondary N) is 6. The number of carbonyl (C=O) groups is 6. The number of likely N-dealkylation sites (tertiary alicyclic amines) is 1. The zero-order chi connectivity index (χ0) is 79.4. The Kier molecular flexibility index (Phi) is 21.0. The van der Waals surface area contributed by atoms with Gasteiger partial charge in [0.15, 0.2) is 34.6 Å². The number of halogens is 7. The number of rotatable bonds is 14. The number of carbonyl (C=O) groups excluding carboxylic acids is 5. The van der Waals surface area contributed by atoms with E-state index in [9.17, 15) is 48.5 Å². The molecule has 578 valence electrons. The third-order valence-corrected chi connectivity index (χ3v) is 21.1. The van der Waals surface area contributed by atoms with Crippen molar-refractivity contribution in [2.75, 3.05) is 96.8 Å². The number of morpholine rings is 1. The average Bonchev–Trinajstić information content (AvgIpc) is 1.57. The summed E-state index contributed by atoms with van der Waals surface area (Å²) in [5.74, 6) is -4.69. The molecule has 8 heterocycles. The number of fused-ring (bicyclic) bond motifs is 6. The van der Waals surface area contributed by atoms with Gasteiger partial charge in [-0.1, -0.05) is 108 Å². The first-order valence-corrected chi connectivity index (χ1v) is 36.8. The highest BCUT2D eigenvalue weighted by Crippen LogP contribution is 2.51. The Morgan fingerprint density at radius 3 is 1.42 bits per heavy atom. The van der Waals surface area contributed by atoms with Crippen molar-refractivity contribution in [1.82, 2.24) is 39.7 Å². The van der Waals surface area contributed by atoms with E-state index in [4.69, 9.17) is 42.5 Å². The molecule has 0 saturated carbocycles. The van der Waals surface area contributed by atoms with Gasteiger partial charge in [0.05, 0.1) is 84.5 Å². The maximum Gasteiger partial charge on any atom is 0.414 e. The SMILES string of the molecule is CN1CCCC(COC(=O)Nc2nc3ccc(C4(O)c5ccccc5C(=O)N4c4cccc(Cl)c4F)cc3[nH]2)C1.O=C(Nc1nc2ccc(C3(O)c4ccccc4C(=O)N3c3cccc(Cl)c3F)cc2[nH]1)OCCN1CCOCC1.O=C(O)Nc1nc2ccc(C3(O)c4ccccc4C(=O)N3c3cc(F)cc(Br)c3F)cc2[nH]1. The van der Waals surface area contributed by atoms with Crippen LogP contribution in [-0.4, -0.2) is 162 Å². The number of aliphatic hydroxyl groups is 3. The number of nitrogens with zero attached hydrogens (tertiary/aromatic N) is 8. The normalized spacial score (nSPS) is 19.3. The van der Waals surface area contributed by atoms with Crippen molar-refractivity contribution in [3.8, 4) is 0 Å². The molecule has 10 N–H and O–H groups in total. The molecule has 0 spiro atoms. The van der Waals surface area contributed by atoms with E-state index < -0.39 is 82.1 Å². The molecule has 0 aliphatic carbocycles. The molecule has 3 aromatic heterocycles. The first-order valence-electron chi connectivity index (χ1n) is 35.2. The van der Waals surface area contributed by atoms with Crippen LogP contribution in [0.2, 0.25) is 10.0 Å². The maximum atomic E-state index is 15.2. The highest BCUT2D eigenvalue weighted by molar-refractivity contribution is 9.10. The molecule has 0 bridgehead atoms. The lowest BCUT2D eigenvalue weighted by molar-refractivity contribution is 0.0290. The number of ether oxygens (including phenoxy) is 3. The van der Waals surface area contributed by atoms with Crippen molar-refractivity contribution in [3.63, 3.8) is 0 Å². The number of H-pyrrole nitrogens is 3. The highest BCUT2D eigenvalue weighted by Gasteiger charge is 2.55. The molecule has 4 unspecified atom stereocenters. The number of imidazole rings is 3. The van der Waals surface area contributed by atoms with E-state index in [-0.39, 0.29) is 95.2 Å². The van der Waals surface area contributed by atoms with Crippen LogP contribution in [-0.2, 0) is 31.4 Å². The minimum Gasteiger partial charge on any atom is -0.465 e. The molecule has 34 heteroatoms. The van der Waals surface area contributed by atoms with Gasteiger partial charge in [-0.2, -0.15) is 0 Å². The van der Waals surface area contributed by atoms with Crippen molar-refractivity contribution in [1.29, 1.82) is 0 Å². The Morgan fingerprint density at radius 1 is 0.549 bits per heavy atom. The third-order valence-electron chi connectivity index (χ3n) is 20.0. The predicted molar refractivity (Wildman–Crippen MR) is 413 cm³/mol. The highest BCUT2D eigenvalue weighted by atomic mass is 79.9. The first kappa shape index (κ1) is 76.5. The molecule has 9 aromatic carbocycles. The lowest BCUT2D eigenvalue weighted by Crippen LogP contribution is -2.45. The number of aromatic nitrogens is 6. The van der Waals surface area contributed by atoms with E-state index in [0.29, 0.717) is 70.6 Å². The number of aromatic amines is 3. The summed E-state index contributed by atoms with van der Waals surface area (Å²) in [6, 6.07) is 43.8. The molecule has 2 fully saturated rings. The van der Waals surface area contributed by atoms with Crippen LogP contribution >= 0.6 is 39.1 Å². The average molecular weight is 1650 g/mol. The molecule has 6 amide bonds. The molecule has 2 saturated heterocycles. The summed E-state index contributed by atoms with van der Waals surface area (Å²) in [5, 5.41) is 52.2. The number of anilines is 6. The van der Waals surface area contributed by atoms with Crippen LogP contribution in [0.3, 0.4) is 0 Å². The lowest BCUT2D eigenvalue weighted by Gasteiger charge is -2.35. The van der Waals surface area contributed by atoms with Crippen LogP contribution in [0, 0.1) is 29.2 Å². The van der Waals surface area contributed by atoms with Crippen molar-refractivity contribution in [3.05, 3.63) is 264 Å². The fraction of sp³-hybridized carbons (Fsp3) is 0.203. The van der Waals surface area contributed by atoms with Gasteiger partial charge in [-0.25, -0.2) is 46.9 Å². The molecule has 5 aliphatic heterocycles. The zero-order valence-electron chi connectivity index (χ0n) is 59.3. The molecule has 4 atom stereocenters. The van der Waals surface area contributed by atoms with Gasteiger partial charge in [-0.05, 0) is 127 Å². The van der Waals surface area contributed by atoms with Gasteiger partial charge in [0.25, 0.3) is 17.7 Å². The predicted octanol–water partition coefficient (Wildman–Crippen LogP) is 13.7.